The number of benzene rings is 2. The number of allylic oxidation sites excluding steroid dienone is 2. The van der Waals surface area contributed by atoms with Gasteiger partial charge in [-0.25, -0.2) is 4.79 Å². The molecule has 0 N–H and O–H groups in total. The van der Waals surface area contributed by atoms with E-state index in [0.717, 1.165) is 0 Å². The number of rotatable bonds is 6. The van der Waals surface area contributed by atoms with Crippen LogP contribution in [-0.4, -0.2) is 72.7 Å². The summed E-state index contributed by atoms with van der Waals surface area (Å²) in [5.74, 6) is -1.67. The van der Waals surface area contributed by atoms with Gasteiger partial charge in [0.15, 0.2) is 0 Å². The molecule has 1 amide bonds. The normalized spacial score (nSPS) is 15.8. The summed E-state index contributed by atoms with van der Waals surface area (Å²) >= 11 is 0. The van der Waals surface area contributed by atoms with Crippen molar-refractivity contribution in [1.29, 1.82) is 0 Å². The van der Waals surface area contributed by atoms with Crippen LogP contribution < -0.4 is 0 Å². The van der Waals surface area contributed by atoms with Crippen LogP contribution in [0.4, 0.5) is 0 Å². The van der Waals surface area contributed by atoms with E-state index in [1.807, 2.05) is 0 Å². The first-order valence-corrected chi connectivity index (χ1v) is 10.7. The Morgan fingerprint density at radius 1 is 0.939 bits per heavy atom. The molecule has 8 nitrogen and oxygen atoms in total. The number of ketones is 2. The van der Waals surface area contributed by atoms with Crippen molar-refractivity contribution in [2.24, 2.45) is 0 Å². The number of carbonyl (C=O) groups is 4. The zero-order valence-electron chi connectivity index (χ0n) is 18.3. The molecule has 2 aliphatic rings. The first kappa shape index (κ1) is 22.4. The third-order valence-electron chi connectivity index (χ3n) is 5.61. The van der Waals surface area contributed by atoms with E-state index in [9.17, 15) is 19.2 Å². The van der Waals surface area contributed by atoms with Gasteiger partial charge in [-0.05, 0) is 12.1 Å². The Balaban J connectivity index is 1.65. The predicted molar refractivity (Wildman–Crippen MR) is 119 cm³/mol. The molecular weight excluding hydrogens is 424 g/mol. The first-order valence-electron chi connectivity index (χ1n) is 10.7. The lowest BCUT2D eigenvalue weighted by atomic mass is 9.88. The third-order valence-corrected chi connectivity index (χ3v) is 5.61. The molecule has 8 heteroatoms. The molecule has 0 unspecified atom stereocenters. The molecule has 2 aromatic rings. The zero-order chi connectivity index (χ0) is 23.4. The molecule has 1 saturated heterocycles. The van der Waals surface area contributed by atoms with E-state index in [1.165, 1.54) is 11.8 Å². The largest absolute Gasteiger partial charge is 0.460 e. The molecule has 4 rings (SSSR count). The Labute approximate surface area is 191 Å². The first-order chi connectivity index (χ1) is 16.0. The van der Waals surface area contributed by atoms with Crippen LogP contribution in [0.25, 0.3) is 0 Å². The molecule has 0 atom stereocenters. The van der Waals surface area contributed by atoms with Crippen molar-refractivity contribution in [2.45, 2.75) is 6.92 Å². The van der Waals surface area contributed by atoms with E-state index in [1.54, 1.807) is 59.5 Å². The van der Waals surface area contributed by atoms with Crippen LogP contribution in [0.15, 0.2) is 66.0 Å². The van der Waals surface area contributed by atoms with Gasteiger partial charge in [-0.15, -0.1) is 0 Å². The molecule has 2 aromatic carbocycles. The summed E-state index contributed by atoms with van der Waals surface area (Å²) in [7, 11) is 0. The summed E-state index contributed by atoms with van der Waals surface area (Å²) in [5, 5.41) is 0. The molecule has 0 radical (unpaired) electrons. The Morgan fingerprint density at radius 3 is 2.18 bits per heavy atom. The van der Waals surface area contributed by atoms with Crippen molar-refractivity contribution in [1.82, 2.24) is 9.80 Å². The number of morpholine rings is 1. The standard InChI is InChI=1S/C25H24N2O6/c1-17(28)27(13-16-33-25(31)18-7-3-2-4-8-18)22-21(26-11-14-32-15-12-26)23(29)19-9-5-6-10-20(19)24(22)30/h2-10H,11-16H2,1H3. The van der Waals surface area contributed by atoms with Crippen LogP contribution in [0.2, 0.25) is 0 Å². The van der Waals surface area contributed by atoms with Gasteiger partial charge in [0.25, 0.3) is 0 Å². The van der Waals surface area contributed by atoms with Gasteiger partial charge in [0.2, 0.25) is 17.5 Å². The lowest BCUT2D eigenvalue weighted by molar-refractivity contribution is -0.127. The van der Waals surface area contributed by atoms with Crippen LogP contribution >= 0.6 is 0 Å². The van der Waals surface area contributed by atoms with Crippen molar-refractivity contribution < 1.29 is 28.7 Å². The van der Waals surface area contributed by atoms with Gasteiger partial charge in [0.1, 0.15) is 18.0 Å². The van der Waals surface area contributed by atoms with E-state index in [-0.39, 0.29) is 35.9 Å². The maximum absolute atomic E-state index is 13.5. The summed E-state index contributed by atoms with van der Waals surface area (Å²) in [6.45, 7) is 2.81. The van der Waals surface area contributed by atoms with E-state index in [0.29, 0.717) is 37.4 Å². The molecule has 0 saturated carbocycles. The maximum Gasteiger partial charge on any atom is 0.338 e. The molecule has 1 aliphatic heterocycles. The average Bonchev–Trinajstić information content (AvgIpc) is 2.85. The minimum Gasteiger partial charge on any atom is -0.460 e. The zero-order valence-corrected chi connectivity index (χ0v) is 18.3. The Hall–Kier alpha value is -3.78. The number of amides is 1. The summed E-state index contributed by atoms with van der Waals surface area (Å²) in [4.78, 5) is 54.9. The second-order valence-electron chi connectivity index (χ2n) is 7.67. The molecule has 1 aliphatic carbocycles. The number of Topliss-reactive ketones (excluding diaryl/α,β-unsaturated/α-hetero) is 2. The van der Waals surface area contributed by atoms with E-state index < -0.39 is 17.7 Å². The lowest BCUT2D eigenvalue weighted by Crippen LogP contribution is -2.46. The fourth-order valence-corrected chi connectivity index (χ4v) is 3.99. The van der Waals surface area contributed by atoms with Gasteiger partial charge in [0.05, 0.1) is 25.3 Å². The highest BCUT2D eigenvalue weighted by atomic mass is 16.5. The van der Waals surface area contributed by atoms with E-state index in [4.69, 9.17) is 9.47 Å². The van der Waals surface area contributed by atoms with Gasteiger partial charge in [-0.1, -0.05) is 42.5 Å². The average molecular weight is 448 g/mol. The molecule has 1 fully saturated rings. The van der Waals surface area contributed by atoms with Gasteiger partial charge in [-0.2, -0.15) is 0 Å². The number of ether oxygens (including phenoxy) is 2. The number of hydrogen-bond acceptors (Lipinski definition) is 7. The molecule has 0 bridgehead atoms. The highest BCUT2D eigenvalue weighted by Gasteiger charge is 2.39. The molecule has 0 aromatic heterocycles. The molecular formula is C25H24N2O6. The molecule has 33 heavy (non-hydrogen) atoms. The van der Waals surface area contributed by atoms with Crippen LogP contribution in [0.5, 0.6) is 0 Å². The smallest absolute Gasteiger partial charge is 0.338 e. The summed E-state index contributed by atoms with van der Waals surface area (Å²) < 4.78 is 10.7. The number of hydrogen-bond donors (Lipinski definition) is 0. The number of nitrogens with zero attached hydrogens (tertiary/aromatic N) is 2. The topological polar surface area (TPSA) is 93.2 Å². The Morgan fingerprint density at radius 2 is 1.55 bits per heavy atom. The van der Waals surface area contributed by atoms with Crippen LogP contribution in [0.1, 0.15) is 38.0 Å². The lowest BCUT2D eigenvalue weighted by Gasteiger charge is -2.36. The van der Waals surface area contributed by atoms with E-state index >= 15 is 0 Å². The minimum atomic E-state index is -0.530. The molecule has 0 spiro atoms. The predicted octanol–water partition coefficient (Wildman–Crippen LogP) is 2.31. The molecule has 170 valence electrons. The third kappa shape index (κ3) is 4.56. The van der Waals surface area contributed by atoms with Crippen molar-refractivity contribution >= 4 is 23.4 Å². The van der Waals surface area contributed by atoms with Crippen LogP contribution in [0, 0.1) is 0 Å². The van der Waals surface area contributed by atoms with Crippen molar-refractivity contribution in [3.63, 3.8) is 0 Å². The summed E-state index contributed by atoms with van der Waals surface area (Å²) in [5.41, 5.74) is 1.15. The van der Waals surface area contributed by atoms with Gasteiger partial charge in [-0.3, -0.25) is 14.4 Å². The second-order valence-corrected chi connectivity index (χ2v) is 7.67. The highest BCUT2D eigenvalue weighted by molar-refractivity contribution is 6.27. The Kier molecular flexibility index (Phi) is 6.65. The van der Waals surface area contributed by atoms with Crippen LogP contribution in [0.3, 0.4) is 0 Å². The quantitative estimate of drug-likeness (QED) is 0.626. The van der Waals surface area contributed by atoms with Crippen molar-refractivity contribution in [2.75, 3.05) is 39.5 Å². The molecule has 1 heterocycles. The number of carbonyl (C=O) groups excluding carboxylic acids is 4. The van der Waals surface area contributed by atoms with Gasteiger partial charge < -0.3 is 19.3 Å². The highest BCUT2D eigenvalue weighted by Crippen LogP contribution is 2.31. The number of esters is 1. The summed E-state index contributed by atoms with van der Waals surface area (Å²) in [6.07, 6.45) is 0. The van der Waals surface area contributed by atoms with Gasteiger partial charge in [0, 0.05) is 31.1 Å². The van der Waals surface area contributed by atoms with Gasteiger partial charge >= 0.3 is 5.97 Å². The Bertz CT molecular complexity index is 1120. The van der Waals surface area contributed by atoms with Crippen molar-refractivity contribution in [3.05, 3.63) is 82.7 Å². The SMILES string of the molecule is CC(=O)N(CCOC(=O)c1ccccc1)C1=C(N2CCOCC2)C(=O)c2ccccc2C1=O. The summed E-state index contributed by atoms with van der Waals surface area (Å²) in [6, 6.07) is 15.1. The fraction of sp³-hybridized carbons (Fsp3) is 0.280. The minimum absolute atomic E-state index is 0.0175. The number of fused-ring (bicyclic) bond motifs is 1. The van der Waals surface area contributed by atoms with Crippen LogP contribution in [-0.2, 0) is 14.3 Å². The second kappa shape index (κ2) is 9.79. The van der Waals surface area contributed by atoms with Crippen molar-refractivity contribution in [3.8, 4) is 0 Å². The maximum atomic E-state index is 13.5. The van der Waals surface area contributed by atoms with E-state index in [2.05, 4.69) is 0 Å². The monoisotopic (exact) mass is 448 g/mol. The fourth-order valence-electron chi connectivity index (χ4n) is 3.99.